The van der Waals surface area contributed by atoms with Crippen LogP contribution in [0.5, 0.6) is 0 Å². The van der Waals surface area contributed by atoms with Gasteiger partial charge in [-0.3, -0.25) is 4.79 Å². The minimum Gasteiger partial charge on any atom is -0.385 e. The maximum atomic E-state index is 11.1. The Kier molecular flexibility index (Phi) is 3.00. The number of carbonyl (C=O) groups is 1. The zero-order valence-electron chi connectivity index (χ0n) is 8.63. The molecule has 0 aliphatic carbocycles. The number of anilines is 1. The number of aromatic amines is 1. The average molecular weight is 270 g/mol. The lowest BCUT2D eigenvalue weighted by atomic mass is 10.1. The number of rotatable bonds is 2. The molecule has 2 rings (SSSR count). The number of halogens is 2. The lowest BCUT2D eigenvalue weighted by Crippen LogP contribution is -2.11. The molecule has 88 valence electrons. The molecule has 0 spiro atoms. The summed E-state index contributed by atoms with van der Waals surface area (Å²) < 4.78 is 0. The Bertz CT molecular complexity index is 592. The van der Waals surface area contributed by atoms with E-state index in [9.17, 15) is 4.79 Å². The Morgan fingerprint density at radius 3 is 2.53 bits per heavy atom. The van der Waals surface area contributed by atoms with Crippen LogP contribution in [-0.2, 0) is 0 Å². The second-order valence-electron chi connectivity index (χ2n) is 3.50. The quantitative estimate of drug-likeness (QED) is 0.783. The Morgan fingerprint density at radius 1 is 1.24 bits per heavy atom. The highest BCUT2D eigenvalue weighted by molar-refractivity contribution is 6.35. The fraction of sp³-hybridized carbons (Fsp3) is 0. The summed E-state index contributed by atoms with van der Waals surface area (Å²) in [6.45, 7) is 0. The van der Waals surface area contributed by atoms with Crippen LogP contribution in [0.1, 0.15) is 10.4 Å². The number of benzene rings is 1. The van der Waals surface area contributed by atoms with Crippen molar-refractivity contribution in [3.63, 3.8) is 0 Å². The number of carbonyl (C=O) groups excluding carboxylic acids is 1. The van der Waals surface area contributed by atoms with Gasteiger partial charge in [-0.25, -0.2) is 0 Å². The van der Waals surface area contributed by atoms with Gasteiger partial charge in [0.25, 0.3) is 5.91 Å². The average Bonchev–Trinajstić information content (AvgIpc) is 2.64. The molecule has 4 nitrogen and oxygen atoms in total. The van der Waals surface area contributed by atoms with Crippen molar-refractivity contribution >= 4 is 34.9 Å². The standard InChI is InChI=1S/C11H9Cl2N3O/c12-5-1-2-8(13)6(3-5)9-4-7(11(15)17)10(14)16-9/h1-4,16H,14H2,(H2,15,17). The van der Waals surface area contributed by atoms with Gasteiger partial charge in [0, 0.05) is 21.3 Å². The molecule has 0 saturated carbocycles. The number of hydrogen-bond acceptors (Lipinski definition) is 2. The van der Waals surface area contributed by atoms with Crippen molar-refractivity contribution in [2.75, 3.05) is 5.73 Å². The first kappa shape index (κ1) is 11.8. The molecule has 0 fully saturated rings. The van der Waals surface area contributed by atoms with Crippen LogP contribution in [0.15, 0.2) is 24.3 Å². The monoisotopic (exact) mass is 269 g/mol. The van der Waals surface area contributed by atoms with E-state index in [0.29, 0.717) is 21.3 Å². The Morgan fingerprint density at radius 2 is 1.94 bits per heavy atom. The molecule has 17 heavy (non-hydrogen) atoms. The normalized spacial score (nSPS) is 10.5. The SMILES string of the molecule is NC(=O)c1cc(-c2cc(Cl)ccc2Cl)[nH]c1N. The highest BCUT2D eigenvalue weighted by Crippen LogP contribution is 2.31. The number of amides is 1. The third-order valence-corrected chi connectivity index (χ3v) is 2.90. The molecule has 0 atom stereocenters. The van der Waals surface area contributed by atoms with Crippen LogP contribution in [0.4, 0.5) is 5.82 Å². The van der Waals surface area contributed by atoms with E-state index in [1.54, 1.807) is 24.3 Å². The lowest BCUT2D eigenvalue weighted by Gasteiger charge is -2.01. The molecule has 0 radical (unpaired) electrons. The van der Waals surface area contributed by atoms with Crippen LogP contribution >= 0.6 is 23.2 Å². The number of primary amides is 1. The van der Waals surface area contributed by atoms with Crippen molar-refractivity contribution in [1.82, 2.24) is 4.98 Å². The molecule has 2 aromatic rings. The number of nitrogens with one attached hydrogen (secondary N) is 1. The minimum atomic E-state index is -0.594. The maximum absolute atomic E-state index is 11.1. The molecule has 0 unspecified atom stereocenters. The van der Waals surface area contributed by atoms with Crippen LogP contribution < -0.4 is 11.5 Å². The van der Waals surface area contributed by atoms with Gasteiger partial charge in [-0.05, 0) is 24.3 Å². The molecule has 5 N–H and O–H groups in total. The molecular weight excluding hydrogens is 261 g/mol. The van der Waals surface area contributed by atoms with Gasteiger partial charge in [0.05, 0.1) is 5.56 Å². The smallest absolute Gasteiger partial charge is 0.252 e. The van der Waals surface area contributed by atoms with E-state index < -0.39 is 5.91 Å². The summed E-state index contributed by atoms with van der Waals surface area (Å²) in [6.07, 6.45) is 0. The van der Waals surface area contributed by atoms with Crippen LogP contribution in [0.25, 0.3) is 11.3 Å². The van der Waals surface area contributed by atoms with Gasteiger partial charge >= 0.3 is 0 Å². The van der Waals surface area contributed by atoms with Crippen LogP contribution in [0, 0.1) is 0 Å². The number of nitrogen functional groups attached to an aromatic ring is 1. The Labute approximate surface area is 108 Å². The number of hydrogen-bond donors (Lipinski definition) is 3. The third kappa shape index (κ3) is 2.23. The Hall–Kier alpha value is -1.65. The molecule has 0 aliphatic rings. The summed E-state index contributed by atoms with van der Waals surface area (Å²) in [5.74, 6) is -0.383. The van der Waals surface area contributed by atoms with Gasteiger partial charge in [0.2, 0.25) is 0 Å². The fourth-order valence-corrected chi connectivity index (χ4v) is 1.91. The maximum Gasteiger partial charge on any atom is 0.252 e. The van der Waals surface area contributed by atoms with Gasteiger partial charge < -0.3 is 16.5 Å². The van der Waals surface area contributed by atoms with Gasteiger partial charge in [-0.1, -0.05) is 23.2 Å². The highest BCUT2D eigenvalue weighted by atomic mass is 35.5. The summed E-state index contributed by atoms with van der Waals surface area (Å²) in [5, 5.41) is 1.05. The molecule has 1 aromatic carbocycles. The largest absolute Gasteiger partial charge is 0.385 e. The van der Waals surface area contributed by atoms with Crippen molar-refractivity contribution in [3.05, 3.63) is 39.9 Å². The Balaban J connectivity index is 2.57. The van der Waals surface area contributed by atoms with E-state index >= 15 is 0 Å². The third-order valence-electron chi connectivity index (χ3n) is 2.33. The van der Waals surface area contributed by atoms with Crippen LogP contribution in [0.3, 0.4) is 0 Å². The predicted molar refractivity (Wildman–Crippen MR) is 69.2 cm³/mol. The van der Waals surface area contributed by atoms with Crippen molar-refractivity contribution < 1.29 is 4.79 Å². The van der Waals surface area contributed by atoms with E-state index in [0.717, 1.165) is 0 Å². The number of aromatic nitrogens is 1. The fourth-order valence-electron chi connectivity index (χ4n) is 1.52. The molecule has 6 heteroatoms. The van der Waals surface area contributed by atoms with Crippen molar-refractivity contribution in [1.29, 1.82) is 0 Å². The van der Waals surface area contributed by atoms with E-state index in [-0.39, 0.29) is 11.4 Å². The van der Waals surface area contributed by atoms with E-state index in [2.05, 4.69) is 4.98 Å². The second-order valence-corrected chi connectivity index (χ2v) is 4.34. The summed E-state index contributed by atoms with van der Waals surface area (Å²) in [5.41, 5.74) is 12.3. The predicted octanol–water partition coefficient (Wildman–Crippen LogP) is 2.67. The zero-order valence-corrected chi connectivity index (χ0v) is 10.1. The first-order valence-electron chi connectivity index (χ1n) is 4.72. The molecule has 1 aromatic heterocycles. The van der Waals surface area contributed by atoms with Crippen molar-refractivity contribution in [3.8, 4) is 11.3 Å². The van der Waals surface area contributed by atoms with Gasteiger partial charge in [0.1, 0.15) is 5.82 Å². The highest BCUT2D eigenvalue weighted by Gasteiger charge is 2.13. The molecule has 1 amide bonds. The molecule has 1 heterocycles. The number of nitrogens with two attached hydrogens (primary N) is 2. The second kappa shape index (κ2) is 4.31. The van der Waals surface area contributed by atoms with E-state index in [1.165, 1.54) is 0 Å². The van der Waals surface area contributed by atoms with Gasteiger partial charge in [0.15, 0.2) is 0 Å². The van der Waals surface area contributed by atoms with E-state index in [1.807, 2.05) is 0 Å². The number of H-pyrrole nitrogens is 1. The first-order valence-corrected chi connectivity index (χ1v) is 5.48. The first-order chi connectivity index (χ1) is 7.99. The van der Waals surface area contributed by atoms with Crippen LogP contribution in [0.2, 0.25) is 10.0 Å². The van der Waals surface area contributed by atoms with E-state index in [4.69, 9.17) is 34.7 Å². The van der Waals surface area contributed by atoms with Crippen molar-refractivity contribution in [2.45, 2.75) is 0 Å². The lowest BCUT2D eigenvalue weighted by molar-refractivity contribution is 0.100. The summed E-state index contributed by atoms with van der Waals surface area (Å²) in [7, 11) is 0. The molecular formula is C11H9Cl2N3O. The van der Waals surface area contributed by atoms with Gasteiger partial charge in [-0.2, -0.15) is 0 Å². The molecule has 0 bridgehead atoms. The molecule has 0 saturated heterocycles. The summed E-state index contributed by atoms with van der Waals surface area (Å²) >= 11 is 11.9. The minimum absolute atomic E-state index is 0.212. The zero-order chi connectivity index (χ0) is 12.6. The topological polar surface area (TPSA) is 84.9 Å². The van der Waals surface area contributed by atoms with Crippen molar-refractivity contribution in [2.24, 2.45) is 5.73 Å². The van der Waals surface area contributed by atoms with Crippen LogP contribution in [-0.4, -0.2) is 10.9 Å². The summed E-state index contributed by atoms with van der Waals surface area (Å²) in [6, 6.07) is 6.57. The molecule has 0 aliphatic heterocycles. The van der Waals surface area contributed by atoms with Gasteiger partial charge in [-0.15, -0.1) is 0 Å². The summed E-state index contributed by atoms with van der Waals surface area (Å²) in [4.78, 5) is 13.9.